The highest BCUT2D eigenvalue weighted by Gasteiger charge is 2.23. The maximum Gasteiger partial charge on any atom is 0.163 e. The van der Waals surface area contributed by atoms with E-state index in [1.807, 2.05) is 6.92 Å². The van der Waals surface area contributed by atoms with Gasteiger partial charge in [-0.2, -0.15) is 5.10 Å². The molecule has 0 spiro atoms. The number of hydrogen-bond donors (Lipinski definition) is 1. The summed E-state index contributed by atoms with van der Waals surface area (Å²) in [6.07, 6.45) is 4.77. The lowest BCUT2D eigenvalue weighted by atomic mass is 10.2. The van der Waals surface area contributed by atoms with Crippen molar-refractivity contribution in [3.05, 3.63) is 36.2 Å². The van der Waals surface area contributed by atoms with Gasteiger partial charge in [0, 0.05) is 18.9 Å². The molecule has 0 aliphatic carbocycles. The number of hydrogen-bond acceptors (Lipinski definition) is 5. The molecule has 6 heteroatoms. The number of nitrogens with zero attached hydrogens (tertiary/aromatic N) is 4. The van der Waals surface area contributed by atoms with Gasteiger partial charge in [-0.05, 0) is 12.5 Å². The Kier molecular flexibility index (Phi) is 3.88. The zero-order chi connectivity index (χ0) is 13.0. The predicted molar refractivity (Wildman–Crippen MR) is 65.2 cm³/mol. The Labute approximate surface area is 105 Å². The Morgan fingerprint density at radius 2 is 2.11 bits per heavy atom. The lowest BCUT2D eigenvalue weighted by Gasteiger charge is -2.13. The van der Waals surface area contributed by atoms with Crippen LogP contribution in [0.25, 0.3) is 0 Å². The molecule has 0 radical (unpaired) electrons. The van der Waals surface area contributed by atoms with Crippen molar-refractivity contribution in [3.63, 3.8) is 0 Å². The molecule has 1 unspecified atom stereocenters. The van der Waals surface area contributed by atoms with E-state index in [0.717, 1.165) is 6.42 Å². The molecule has 6 nitrogen and oxygen atoms in total. The van der Waals surface area contributed by atoms with Crippen molar-refractivity contribution in [2.24, 2.45) is 0 Å². The molecule has 18 heavy (non-hydrogen) atoms. The molecule has 0 bridgehead atoms. The van der Waals surface area contributed by atoms with Gasteiger partial charge in [0.25, 0.3) is 0 Å². The molecule has 0 aliphatic rings. The highest BCUT2D eigenvalue weighted by molar-refractivity contribution is 5.30. The molecule has 2 aromatic heterocycles. The van der Waals surface area contributed by atoms with Crippen molar-refractivity contribution in [1.29, 1.82) is 0 Å². The predicted octanol–water partition coefficient (Wildman–Crippen LogP) is 1.17. The van der Waals surface area contributed by atoms with Crippen LogP contribution in [-0.2, 0) is 6.54 Å². The Balaban J connectivity index is 2.39. The number of aromatic nitrogens is 4. The third-order valence-corrected chi connectivity index (χ3v) is 2.59. The van der Waals surface area contributed by atoms with Gasteiger partial charge in [0.1, 0.15) is 5.69 Å². The Bertz CT molecular complexity index is 498. The van der Waals surface area contributed by atoms with E-state index in [-0.39, 0.29) is 0 Å². The van der Waals surface area contributed by atoms with Gasteiger partial charge in [-0.1, -0.05) is 6.92 Å². The first kappa shape index (κ1) is 12.5. The monoisotopic (exact) mass is 248 g/mol. The van der Waals surface area contributed by atoms with E-state index in [0.29, 0.717) is 23.8 Å². The average Bonchev–Trinajstić information content (AvgIpc) is 2.82. The molecule has 1 N–H and O–H groups in total. The van der Waals surface area contributed by atoms with Crippen LogP contribution in [0.15, 0.2) is 24.7 Å². The SMILES string of the molecule is CCCn1ncc(OC)c1C(O)c1ncccn1. The van der Waals surface area contributed by atoms with Gasteiger partial charge in [-0.15, -0.1) is 0 Å². The van der Waals surface area contributed by atoms with Crippen molar-refractivity contribution in [3.8, 4) is 5.75 Å². The quantitative estimate of drug-likeness (QED) is 0.860. The molecule has 0 fully saturated rings. The summed E-state index contributed by atoms with van der Waals surface area (Å²) < 4.78 is 6.94. The van der Waals surface area contributed by atoms with Crippen LogP contribution in [0.5, 0.6) is 5.75 Å². The van der Waals surface area contributed by atoms with Gasteiger partial charge >= 0.3 is 0 Å². The largest absolute Gasteiger partial charge is 0.493 e. The Hall–Kier alpha value is -1.95. The number of ether oxygens (including phenoxy) is 1. The highest BCUT2D eigenvalue weighted by atomic mass is 16.5. The van der Waals surface area contributed by atoms with Gasteiger partial charge in [-0.3, -0.25) is 4.68 Å². The van der Waals surface area contributed by atoms with Crippen molar-refractivity contribution in [2.45, 2.75) is 26.0 Å². The van der Waals surface area contributed by atoms with Crippen LogP contribution in [0.1, 0.15) is 31.0 Å². The normalized spacial score (nSPS) is 12.4. The summed E-state index contributed by atoms with van der Waals surface area (Å²) in [5, 5.41) is 14.5. The molecule has 1 atom stereocenters. The van der Waals surface area contributed by atoms with Crippen LogP contribution in [0.4, 0.5) is 0 Å². The lowest BCUT2D eigenvalue weighted by molar-refractivity contribution is 0.192. The molecule has 0 aliphatic heterocycles. The molecule has 0 amide bonds. The van der Waals surface area contributed by atoms with Crippen molar-refractivity contribution in [2.75, 3.05) is 7.11 Å². The summed E-state index contributed by atoms with van der Waals surface area (Å²) in [7, 11) is 1.55. The fourth-order valence-corrected chi connectivity index (χ4v) is 1.77. The summed E-state index contributed by atoms with van der Waals surface area (Å²) in [6.45, 7) is 2.76. The second-order valence-electron chi connectivity index (χ2n) is 3.83. The van der Waals surface area contributed by atoms with E-state index >= 15 is 0 Å². The highest BCUT2D eigenvalue weighted by Crippen LogP contribution is 2.28. The molecular weight excluding hydrogens is 232 g/mol. The second-order valence-corrected chi connectivity index (χ2v) is 3.83. The fourth-order valence-electron chi connectivity index (χ4n) is 1.77. The number of methoxy groups -OCH3 is 1. The molecule has 0 saturated heterocycles. The zero-order valence-electron chi connectivity index (χ0n) is 10.4. The Morgan fingerprint density at radius 3 is 2.72 bits per heavy atom. The number of rotatable bonds is 5. The van der Waals surface area contributed by atoms with Crippen molar-refractivity contribution >= 4 is 0 Å². The van der Waals surface area contributed by atoms with Crippen molar-refractivity contribution in [1.82, 2.24) is 19.7 Å². The Morgan fingerprint density at radius 1 is 1.39 bits per heavy atom. The molecule has 2 rings (SSSR count). The van der Waals surface area contributed by atoms with Gasteiger partial charge < -0.3 is 9.84 Å². The molecule has 0 saturated carbocycles. The minimum absolute atomic E-state index is 0.341. The first-order chi connectivity index (χ1) is 8.77. The maximum absolute atomic E-state index is 10.3. The summed E-state index contributed by atoms with van der Waals surface area (Å²) in [4.78, 5) is 8.11. The first-order valence-electron chi connectivity index (χ1n) is 5.82. The smallest absolute Gasteiger partial charge is 0.163 e. The molecule has 0 aromatic carbocycles. The van der Waals surface area contributed by atoms with Crippen LogP contribution in [0, 0.1) is 0 Å². The first-order valence-corrected chi connectivity index (χ1v) is 5.82. The lowest BCUT2D eigenvalue weighted by Crippen LogP contribution is -2.13. The number of aliphatic hydroxyl groups excluding tert-OH is 1. The maximum atomic E-state index is 10.3. The second kappa shape index (κ2) is 5.59. The molecule has 96 valence electrons. The summed E-state index contributed by atoms with van der Waals surface area (Å²) in [5.41, 5.74) is 0.588. The third kappa shape index (κ3) is 2.33. The number of aryl methyl sites for hydroxylation is 1. The average molecular weight is 248 g/mol. The summed E-state index contributed by atoms with van der Waals surface area (Å²) >= 11 is 0. The standard InChI is InChI=1S/C12H16N4O2/c1-3-7-16-10(9(18-2)8-15-16)11(17)12-13-5-4-6-14-12/h4-6,8,11,17H,3,7H2,1-2H3. The van der Waals surface area contributed by atoms with Gasteiger partial charge in [-0.25, -0.2) is 9.97 Å². The molecule has 2 aromatic rings. The molecule has 2 heterocycles. The van der Waals surface area contributed by atoms with Crippen LogP contribution in [0.2, 0.25) is 0 Å². The van der Waals surface area contributed by atoms with E-state index in [4.69, 9.17) is 4.74 Å². The number of aliphatic hydroxyl groups is 1. The fraction of sp³-hybridized carbons (Fsp3) is 0.417. The van der Waals surface area contributed by atoms with E-state index in [1.54, 1.807) is 36.4 Å². The third-order valence-electron chi connectivity index (χ3n) is 2.59. The topological polar surface area (TPSA) is 73.1 Å². The van der Waals surface area contributed by atoms with Gasteiger partial charge in [0.15, 0.2) is 17.7 Å². The molecular formula is C12H16N4O2. The van der Waals surface area contributed by atoms with E-state index in [9.17, 15) is 5.11 Å². The van der Waals surface area contributed by atoms with Gasteiger partial charge in [0.05, 0.1) is 13.3 Å². The van der Waals surface area contributed by atoms with Crippen molar-refractivity contribution < 1.29 is 9.84 Å². The minimum Gasteiger partial charge on any atom is -0.493 e. The van der Waals surface area contributed by atoms with Crippen LogP contribution < -0.4 is 4.74 Å². The van der Waals surface area contributed by atoms with Crippen LogP contribution in [-0.4, -0.2) is 32.0 Å². The van der Waals surface area contributed by atoms with E-state index in [2.05, 4.69) is 15.1 Å². The van der Waals surface area contributed by atoms with E-state index < -0.39 is 6.10 Å². The summed E-state index contributed by atoms with van der Waals surface area (Å²) in [6, 6.07) is 1.71. The van der Waals surface area contributed by atoms with Crippen LogP contribution in [0.3, 0.4) is 0 Å². The van der Waals surface area contributed by atoms with Gasteiger partial charge in [0.2, 0.25) is 0 Å². The zero-order valence-corrected chi connectivity index (χ0v) is 10.4. The minimum atomic E-state index is -0.935. The van der Waals surface area contributed by atoms with E-state index in [1.165, 1.54) is 0 Å². The van der Waals surface area contributed by atoms with Crippen LogP contribution >= 0.6 is 0 Å². The summed E-state index contributed by atoms with van der Waals surface area (Å²) in [5.74, 6) is 0.886.